The number of hydrogen-bond donors (Lipinski definition) is 3. The number of hydrogen-bond acceptors (Lipinski definition) is 3. The van der Waals surface area contributed by atoms with Crippen LogP contribution in [0.4, 0.5) is 4.79 Å². The van der Waals surface area contributed by atoms with Crippen LogP contribution in [0.5, 0.6) is 0 Å². The van der Waals surface area contributed by atoms with Crippen LogP contribution < -0.4 is 10.6 Å². The number of pyridine rings is 1. The number of nitrogens with zero attached hydrogens (tertiary/aromatic N) is 1. The lowest BCUT2D eigenvalue weighted by atomic mass is 9.73. The van der Waals surface area contributed by atoms with Gasteiger partial charge in [0.2, 0.25) is 0 Å². The third kappa shape index (κ3) is 5.10. The molecule has 2 amide bonds. The molecule has 3 N–H and O–H groups in total. The van der Waals surface area contributed by atoms with E-state index in [0.717, 1.165) is 42.5 Å². The van der Waals surface area contributed by atoms with Crippen molar-refractivity contribution in [2.24, 2.45) is 5.92 Å². The van der Waals surface area contributed by atoms with E-state index < -0.39 is 5.60 Å². The highest BCUT2D eigenvalue weighted by molar-refractivity contribution is 5.74. The summed E-state index contributed by atoms with van der Waals surface area (Å²) in [4.78, 5) is 16.5. The molecule has 1 aromatic carbocycles. The van der Waals surface area contributed by atoms with E-state index in [2.05, 4.69) is 15.6 Å². The summed E-state index contributed by atoms with van der Waals surface area (Å²) in [5.41, 5.74) is 3.23. The van der Waals surface area contributed by atoms with Crippen LogP contribution in [-0.4, -0.2) is 22.2 Å². The van der Waals surface area contributed by atoms with Gasteiger partial charge in [0.25, 0.3) is 0 Å². The predicted molar refractivity (Wildman–Crippen MR) is 111 cm³/mol. The maximum Gasteiger partial charge on any atom is 0.315 e. The average molecular weight is 382 g/mol. The molecule has 3 rings (SSSR count). The number of aryl methyl sites for hydroxylation is 2. The molecule has 0 saturated heterocycles. The van der Waals surface area contributed by atoms with Gasteiger partial charge in [0.1, 0.15) is 0 Å². The van der Waals surface area contributed by atoms with Crippen molar-refractivity contribution in [2.45, 2.75) is 64.6 Å². The standard InChI is InChI=1S/C23H31N3O2/c1-16-4-7-18(8-5-16)14-25-22(27)26-21-12-10-19(11-13-21)23(3,28)20-9-6-17(2)24-15-20/h4-9,15,19,21,28H,10-14H2,1-3H3,(H2,25,26,27). The first kappa shape index (κ1) is 20.3. The smallest absolute Gasteiger partial charge is 0.315 e. The largest absolute Gasteiger partial charge is 0.385 e. The minimum atomic E-state index is -0.890. The Hall–Kier alpha value is -2.40. The second-order valence-electron chi connectivity index (χ2n) is 8.20. The van der Waals surface area contributed by atoms with E-state index in [9.17, 15) is 9.90 Å². The highest BCUT2D eigenvalue weighted by Gasteiger charge is 2.36. The van der Waals surface area contributed by atoms with Gasteiger partial charge in [0.15, 0.2) is 0 Å². The van der Waals surface area contributed by atoms with Crippen LogP contribution >= 0.6 is 0 Å². The van der Waals surface area contributed by atoms with Crippen LogP contribution in [0.1, 0.15) is 55.0 Å². The van der Waals surface area contributed by atoms with Crippen LogP contribution in [0, 0.1) is 19.8 Å². The average Bonchev–Trinajstić information content (AvgIpc) is 2.68. The molecule has 1 fully saturated rings. The van der Waals surface area contributed by atoms with Gasteiger partial charge in [0, 0.05) is 30.0 Å². The molecule has 5 heteroatoms. The zero-order chi connectivity index (χ0) is 20.1. The topological polar surface area (TPSA) is 74.2 Å². The number of carbonyl (C=O) groups is 1. The van der Waals surface area contributed by atoms with E-state index >= 15 is 0 Å². The Balaban J connectivity index is 1.46. The van der Waals surface area contributed by atoms with Gasteiger partial charge < -0.3 is 15.7 Å². The van der Waals surface area contributed by atoms with Crippen molar-refractivity contribution in [1.82, 2.24) is 15.6 Å². The van der Waals surface area contributed by atoms with E-state index in [1.54, 1.807) is 6.20 Å². The Morgan fingerprint density at radius 1 is 1.11 bits per heavy atom. The lowest BCUT2D eigenvalue weighted by Gasteiger charge is -2.38. The van der Waals surface area contributed by atoms with Crippen LogP contribution in [0.15, 0.2) is 42.6 Å². The monoisotopic (exact) mass is 381 g/mol. The molecule has 150 valence electrons. The van der Waals surface area contributed by atoms with Gasteiger partial charge in [-0.15, -0.1) is 0 Å². The summed E-state index contributed by atoms with van der Waals surface area (Å²) in [5, 5.41) is 17.1. The maximum absolute atomic E-state index is 12.2. The molecule has 0 bridgehead atoms. The molecule has 1 saturated carbocycles. The predicted octanol–water partition coefficient (Wildman–Crippen LogP) is 3.96. The fourth-order valence-corrected chi connectivity index (χ4v) is 3.93. The second kappa shape index (κ2) is 8.74. The van der Waals surface area contributed by atoms with Gasteiger partial charge in [-0.3, -0.25) is 4.98 Å². The summed E-state index contributed by atoms with van der Waals surface area (Å²) in [6, 6.07) is 12.1. The number of amides is 2. The summed E-state index contributed by atoms with van der Waals surface area (Å²) in [6.45, 7) is 6.40. The number of urea groups is 1. The normalized spacial score (nSPS) is 21.6. The number of carbonyl (C=O) groups excluding carboxylic acids is 1. The van der Waals surface area contributed by atoms with E-state index in [4.69, 9.17) is 0 Å². The second-order valence-corrected chi connectivity index (χ2v) is 8.20. The fraction of sp³-hybridized carbons (Fsp3) is 0.478. The SMILES string of the molecule is Cc1ccc(CNC(=O)NC2CCC(C(C)(O)c3ccc(C)nc3)CC2)cc1. The van der Waals surface area contributed by atoms with Crippen molar-refractivity contribution in [1.29, 1.82) is 0 Å². The Morgan fingerprint density at radius 2 is 1.79 bits per heavy atom. The first-order valence-electron chi connectivity index (χ1n) is 10.1. The van der Waals surface area contributed by atoms with Gasteiger partial charge in [-0.05, 0) is 64.0 Å². The first-order valence-corrected chi connectivity index (χ1v) is 10.1. The Bertz CT molecular complexity index is 776. The molecule has 5 nitrogen and oxygen atoms in total. The van der Waals surface area contributed by atoms with Gasteiger partial charge in [-0.2, -0.15) is 0 Å². The minimum Gasteiger partial charge on any atom is -0.385 e. The highest BCUT2D eigenvalue weighted by Crippen LogP contribution is 2.38. The first-order chi connectivity index (χ1) is 13.3. The molecule has 1 aliphatic rings. The van der Waals surface area contributed by atoms with Crippen LogP contribution in [0.3, 0.4) is 0 Å². The molecule has 1 heterocycles. The van der Waals surface area contributed by atoms with Crippen molar-refractivity contribution in [3.63, 3.8) is 0 Å². The zero-order valence-electron chi connectivity index (χ0n) is 17.0. The molecule has 0 aliphatic heterocycles. The molecule has 1 atom stereocenters. The molecule has 1 unspecified atom stereocenters. The van der Waals surface area contributed by atoms with Crippen LogP contribution in [-0.2, 0) is 12.1 Å². The van der Waals surface area contributed by atoms with Crippen molar-refractivity contribution in [3.05, 3.63) is 65.0 Å². The third-order valence-corrected chi connectivity index (χ3v) is 5.93. The number of aromatic nitrogens is 1. The molecule has 0 radical (unpaired) electrons. The minimum absolute atomic E-state index is 0.126. The Labute approximate surface area is 167 Å². The van der Waals surface area contributed by atoms with Gasteiger partial charge in [-0.25, -0.2) is 4.79 Å². The third-order valence-electron chi connectivity index (χ3n) is 5.93. The summed E-state index contributed by atoms with van der Waals surface area (Å²) < 4.78 is 0. The maximum atomic E-state index is 12.2. The molecular weight excluding hydrogens is 350 g/mol. The molecule has 1 aliphatic carbocycles. The van der Waals surface area contributed by atoms with Gasteiger partial charge >= 0.3 is 6.03 Å². The van der Waals surface area contributed by atoms with Crippen molar-refractivity contribution < 1.29 is 9.90 Å². The molecule has 0 spiro atoms. The van der Waals surface area contributed by atoms with Gasteiger partial charge in [0.05, 0.1) is 5.60 Å². The van der Waals surface area contributed by atoms with E-state index in [0.29, 0.717) is 6.54 Å². The van der Waals surface area contributed by atoms with Crippen LogP contribution in [0.2, 0.25) is 0 Å². The number of nitrogens with one attached hydrogen (secondary N) is 2. The number of benzene rings is 1. The lowest BCUT2D eigenvalue weighted by Crippen LogP contribution is -2.45. The summed E-state index contributed by atoms with van der Waals surface area (Å²) >= 11 is 0. The van der Waals surface area contributed by atoms with Crippen molar-refractivity contribution in [3.8, 4) is 0 Å². The highest BCUT2D eigenvalue weighted by atomic mass is 16.3. The fourth-order valence-electron chi connectivity index (χ4n) is 3.93. The van der Waals surface area contributed by atoms with Crippen molar-refractivity contribution >= 4 is 6.03 Å². The summed E-state index contributed by atoms with van der Waals surface area (Å²) in [7, 11) is 0. The quantitative estimate of drug-likeness (QED) is 0.734. The van der Waals surface area contributed by atoms with Crippen molar-refractivity contribution in [2.75, 3.05) is 0 Å². The summed E-state index contributed by atoms with van der Waals surface area (Å²) in [6.07, 6.45) is 5.28. The van der Waals surface area contributed by atoms with E-state index in [-0.39, 0.29) is 18.0 Å². The number of rotatable bonds is 5. The lowest BCUT2D eigenvalue weighted by molar-refractivity contribution is -0.0245. The molecule has 1 aromatic heterocycles. The summed E-state index contributed by atoms with van der Waals surface area (Å²) in [5.74, 6) is 0.172. The molecule has 2 aromatic rings. The Kier molecular flexibility index (Phi) is 6.35. The number of aliphatic hydroxyl groups is 1. The molecular formula is C23H31N3O2. The van der Waals surface area contributed by atoms with Crippen LogP contribution in [0.25, 0.3) is 0 Å². The van der Waals surface area contributed by atoms with Gasteiger partial charge in [-0.1, -0.05) is 35.9 Å². The zero-order valence-corrected chi connectivity index (χ0v) is 17.0. The Morgan fingerprint density at radius 3 is 2.39 bits per heavy atom. The van der Waals surface area contributed by atoms with E-state index in [1.807, 2.05) is 57.2 Å². The molecule has 28 heavy (non-hydrogen) atoms. The van der Waals surface area contributed by atoms with E-state index in [1.165, 1.54) is 5.56 Å².